The Labute approximate surface area is 125 Å². The number of hydrogen-bond donors (Lipinski definition) is 2. The summed E-state index contributed by atoms with van der Waals surface area (Å²) in [4.78, 5) is 3.28. The average Bonchev–Trinajstić information content (AvgIpc) is 2.86. The minimum Gasteiger partial charge on any atom is -0.361 e. The molecule has 20 heavy (non-hydrogen) atoms. The molecule has 1 aromatic heterocycles. The molecule has 6 heteroatoms. The first kappa shape index (κ1) is 13.2. The van der Waals surface area contributed by atoms with Crippen molar-refractivity contribution in [3.63, 3.8) is 0 Å². The van der Waals surface area contributed by atoms with Crippen LogP contribution in [0.3, 0.4) is 0 Å². The van der Waals surface area contributed by atoms with Crippen LogP contribution in [-0.4, -0.2) is 13.4 Å². The maximum Gasteiger partial charge on any atom is 0.263 e. The van der Waals surface area contributed by atoms with Gasteiger partial charge in [0.05, 0.1) is 0 Å². The molecule has 0 spiro atoms. The van der Waals surface area contributed by atoms with Crippen LogP contribution in [0.5, 0.6) is 0 Å². The Morgan fingerprint density at radius 1 is 1.05 bits per heavy atom. The summed E-state index contributed by atoms with van der Waals surface area (Å²) in [6.45, 7) is 0. The molecule has 0 radical (unpaired) electrons. The number of halogens is 1. The van der Waals surface area contributed by atoms with Crippen molar-refractivity contribution in [2.45, 2.75) is 4.90 Å². The average molecular weight is 351 g/mol. The second kappa shape index (κ2) is 4.96. The molecule has 0 fully saturated rings. The highest BCUT2D eigenvalue weighted by Gasteiger charge is 2.17. The summed E-state index contributed by atoms with van der Waals surface area (Å²) in [6, 6.07) is 14.0. The van der Waals surface area contributed by atoms with E-state index in [1.807, 2.05) is 18.3 Å². The van der Waals surface area contributed by atoms with Gasteiger partial charge in [0.1, 0.15) is 4.90 Å². The van der Waals surface area contributed by atoms with Crippen LogP contribution in [0.4, 0.5) is 5.69 Å². The molecule has 2 aromatic carbocycles. The number of anilines is 1. The van der Waals surface area contributed by atoms with E-state index in [1.54, 1.807) is 36.4 Å². The Balaban J connectivity index is 1.99. The Kier molecular flexibility index (Phi) is 3.27. The van der Waals surface area contributed by atoms with E-state index in [2.05, 4.69) is 25.6 Å². The highest BCUT2D eigenvalue weighted by atomic mass is 79.9. The summed E-state index contributed by atoms with van der Waals surface area (Å²) in [5.74, 6) is 0. The fourth-order valence-corrected chi connectivity index (χ4v) is 4.04. The third-order valence-electron chi connectivity index (χ3n) is 2.93. The molecule has 0 unspecified atom stereocenters. The fraction of sp³-hybridized carbons (Fsp3) is 0. The molecule has 3 rings (SSSR count). The van der Waals surface area contributed by atoms with Crippen molar-refractivity contribution >= 4 is 42.5 Å². The van der Waals surface area contributed by atoms with Crippen LogP contribution < -0.4 is 4.72 Å². The van der Waals surface area contributed by atoms with Crippen molar-refractivity contribution in [3.8, 4) is 0 Å². The van der Waals surface area contributed by atoms with Crippen LogP contribution in [0, 0.1) is 0 Å². The lowest BCUT2D eigenvalue weighted by atomic mass is 10.2. The van der Waals surface area contributed by atoms with Gasteiger partial charge in [-0.3, -0.25) is 4.72 Å². The molecule has 0 aliphatic heterocycles. The Morgan fingerprint density at radius 3 is 2.65 bits per heavy atom. The third kappa shape index (κ3) is 2.44. The molecular weight excluding hydrogens is 340 g/mol. The van der Waals surface area contributed by atoms with E-state index >= 15 is 0 Å². The smallest absolute Gasteiger partial charge is 0.263 e. The van der Waals surface area contributed by atoms with Gasteiger partial charge < -0.3 is 4.98 Å². The minimum absolute atomic E-state index is 0.217. The summed E-state index contributed by atoms with van der Waals surface area (Å²) in [7, 11) is -3.60. The summed E-state index contributed by atoms with van der Waals surface area (Å²) in [5.41, 5.74) is 1.50. The van der Waals surface area contributed by atoms with Crippen molar-refractivity contribution < 1.29 is 8.42 Å². The number of fused-ring (bicyclic) bond motifs is 1. The number of hydrogen-bond acceptors (Lipinski definition) is 2. The second-order valence-electron chi connectivity index (χ2n) is 4.32. The summed E-state index contributed by atoms with van der Waals surface area (Å²) in [6.07, 6.45) is 1.82. The molecule has 1 heterocycles. The lowest BCUT2D eigenvalue weighted by molar-refractivity contribution is 0.601. The molecule has 4 nitrogen and oxygen atoms in total. The van der Waals surface area contributed by atoms with Gasteiger partial charge in [0.15, 0.2) is 0 Å². The van der Waals surface area contributed by atoms with Gasteiger partial charge in [-0.1, -0.05) is 12.1 Å². The zero-order valence-corrected chi connectivity index (χ0v) is 12.7. The molecule has 102 valence electrons. The lowest BCUT2D eigenvalue weighted by Crippen LogP contribution is -2.13. The van der Waals surface area contributed by atoms with Gasteiger partial charge in [0, 0.05) is 27.3 Å². The maximum absolute atomic E-state index is 12.3. The number of benzene rings is 2. The molecular formula is C14H11BrN2O2S. The van der Waals surface area contributed by atoms with Crippen molar-refractivity contribution in [2.75, 3.05) is 4.72 Å². The van der Waals surface area contributed by atoms with Crippen molar-refractivity contribution in [1.82, 2.24) is 4.98 Å². The van der Waals surface area contributed by atoms with Crippen LogP contribution in [0.1, 0.15) is 0 Å². The van der Waals surface area contributed by atoms with Crippen LogP contribution in [0.2, 0.25) is 0 Å². The lowest BCUT2D eigenvalue weighted by Gasteiger charge is -2.09. The van der Waals surface area contributed by atoms with Crippen molar-refractivity contribution in [3.05, 3.63) is 59.2 Å². The standard InChI is InChI=1S/C14H11BrN2O2S/c15-12-3-1-2-4-14(12)20(18,19)17-11-5-6-13-10(9-11)7-8-16-13/h1-9,16-17H. The second-order valence-corrected chi connectivity index (χ2v) is 6.82. The number of aromatic amines is 1. The predicted molar refractivity (Wildman–Crippen MR) is 83.2 cm³/mol. The number of sulfonamides is 1. The number of nitrogens with one attached hydrogen (secondary N) is 2. The molecule has 0 saturated carbocycles. The molecule has 0 atom stereocenters. The summed E-state index contributed by atoms with van der Waals surface area (Å²) >= 11 is 3.25. The van der Waals surface area contributed by atoms with Crippen LogP contribution in [0.15, 0.2) is 64.1 Å². The van der Waals surface area contributed by atoms with E-state index in [1.165, 1.54) is 0 Å². The van der Waals surface area contributed by atoms with Crippen LogP contribution in [-0.2, 0) is 10.0 Å². The van der Waals surface area contributed by atoms with Gasteiger partial charge in [0.25, 0.3) is 10.0 Å². The van der Waals surface area contributed by atoms with E-state index in [4.69, 9.17) is 0 Å². The van der Waals surface area contributed by atoms with E-state index in [-0.39, 0.29) is 4.90 Å². The van der Waals surface area contributed by atoms with E-state index in [9.17, 15) is 8.42 Å². The normalized spacial score (nSPS) is 11.7. The molecule has 2 N–H and O–H groups in total. The van der Waals surface area contributed by atoms with Gasteiger partial charge in [-0.25, -0.2) is 8.42 Å². The van der Waals surface area contributed by atoms with Gasteiger partial charge in [-0.15, -0.1) is 0 Å². The molecule has 0 amide bonds. The zero-order chi connectivity index (χ0) is 14.2. The highest BCUT2D eigenvalue weighted by molar-refractivity contribution is 9.10. The van der Waals surface area contributed by atoms with Gasteiger partial charge in [-0.05, 0) is 52.3 Å². The SMILES string of the molecule is O=S(=O)(Nc1ccc2[nH]ccc2c1)c1ccccc1Br. The summed E-state index contributed by atoms with van der Waals surface area (Å²) in [5, 5.41) is 0.956. The first-order valence-electron chi connectivity index (χ1n) is 5.91. The van der Waals surface area contributed by atoms with Crippen molar-refractivity contribution in [1.29, 1.82) is 0 Å². The van der Waals surface area contributed by atoms with E-state index in [0.29, 0.717) is 10.2 Å². The third-order valence-corrected chi connectivity index (χ3v) is 5.33. The number of rotatable bonds is 3. The van der Waals surface area contributed by atoms with Gasteiger partial charge >= 0.3 is 0 Å². The molecule has 0 bridgehead atoms. The molecule has 0 aliphatic carbocycles. The monoisotopic (exact) mass is 350 g/mol. The molecule has 3 aromatic rings. The Morgan fingerprint density at radius 2 is 1.85 bits per heavy atom. The highest BCUT2D eigenvalue weighted by Crippen LogP contribution is 2.25. The summed E-state index contributed by atoms with van der Waals surface area (Å²) < 4.78 is 27.8. The first-order chi connectivity index (χ1) is 9.56. The van der Waals surface area contributed by atoms with Crippen LogP contribution >= 0.6 is 15.9 Å². The van der Waals surface area contributed by atoms with Crippen LogP contribution in [0.25, 0.3) is 10.9 Å². The van der Waals surface area contributed by atoms with E-state index < -0.39 is 10.0 Å². The topological polar surface area (TPSA) is 62.0 Å². The quantitative estimate of drug-likeness (QED) is 0.755. The largest absolute Gasteiger partial charge is 0.361 e. The first-order valence-corrected chi connectivity index (χ1v) is 8.18. The number of aromatic nitrogens is 1. The Hall–Kier alpha value is -1.79. The maximum atomic E-state index is 12.3. The number of H-pyrrole nitrogens is 1. The Bertz CT molecular complexity index is 872. The minimum atomic E-state index is -3.60. The molecule has 0 saturated heterocycles. The van der Waals surface area contributed by atoms with E-state index in [0.717, 1.165) is 10.9 Å². The van der Waals surface area contributed by atoms with Gasteiger partial charge in [0.2, 0.25) is 0 Å². The van der Waals surface area contributed by atoms with Crippen molar-refractivity contribution in [2.24, 2.45) is 0 Å². The van der Waals surface area contributed by atoms with Gasteiger partial charge in [-0.2, -0.15) is 0 Å². The molecule has 0 aliphatic rings. The predicted octanol–water partition coefficient (Wildman–Crippen LogP) is 3.73. The zero-order valence-electron chi connectivity index (χ0n) is 10.3. The fourth-order valence-electron chi connectivity index (χ4n) is 1.99.